The molecule has 1 aromatic heterocycles. The molecule has 0 bridgehead atoms. The molecule has 1 aliphatic carbocycles. The van der Waals surface area contributed by atoms with Gasteiger partial charge in [0.05, 0.1) is 6.10 Å². The third kappa shape index (κ3) is 3.80. The van der Waals surface area contributed by atoms with Crippen LogP contribution in [0.3, 0.4) is 0 Å². The number of rotatable bonds is 5. The van der Waals surface area contributed by atoms with Gasteiger partial charge in [0, 0.05) is 11.4 Å². The number of hydrogen-bond donors (Lipinski definition) is 3. The highest BCUT2D eigenvalue weighted by Gasteiger charge is 2.18. The maximum Gasteiger partial charge on any atom is 0.345 e. The van der Waals surface area contributed by atoms with E-state index in [1.165, 1.54) is 11.3 Å². The number of aliphatic hydroxyl groups is 1. The molecule has 0 spiro atoms. The zero-order valence-corrected chi connectivity index (χ0v) is 11.1. The van der Waals surface area contributed by atoms with E-state index in [9.17, 15) is 9.90 Å². The summed E-state index contributed by atoms with van der Waals surface area (Å²) in [6.07, 6.45) is 3.89. The summed E-state index contributed by atoms with van der Waals surface area (Å²) in [6.45, 7) is 1.68. The first-order valence-corrected chi connectivity index (χ1v) is 7.17. The van der Waals surface area contributed by atoms with Crippen molar-refractivity contribution in [3.8, 4) is 0 Å². The van der Waals surface area contributed by atoms with E-state index in [1.54, 1.807) is 6.07 Å². The molecule has 0 amide bonds. The van der Waals surface area contributed by atoms with E-state index in [1.807, 2.05) is 6.07 Å². The summed E-state index contributed by atoms with van der Waals surface area (Å²) >= 11 is 1.33. The van der Waals surface area contributed by atoms with Crippen LogP contribution < -0.4 is 5.32 Å². The first kappa shape index (κ1) is 13.5. The van der Waals surface area contributed by atoms with Crippen molar-refractivity contribution in [3.05, 3.63) is 21.9 Å². The van der Waals surface area contributed by atoms with Gasteiger partial charge in [0.1, 0.15) is 4.88 Å². The summed E-state index contributed by atoms with van der Waals surface area (Å²) in [5, 5.41) is 21.6. The molecule has 1 aromatic rings. The molecule has 100 valence electrons. The highest BCUT2D eigenvalue weighted by molar-refractivity contribution is 7.13. The van der Waals surface area contributed by atoms with Crippen LogP contribution >= 0.6 is 11.3 Å². The second-order valence-electron chi connectivity index (χ2n) is 4.88. The second kappa shape index (κ2) is 6.31. The molecule has 0 unspecified atom stereocenters. The quantitative estimate of drug-likeness (QED) is 0.765. The molecule has 3 N–H and O–H groups in total. The monoisotopic (exact) mass is 269 g/mol. The smallest absolute Gasteiger partial charge is 0.345 e. The number of hydrogen-bond acceptors (Lipinski definition) is 4. The minimum Gasteiger partial charge on any atom is -0.477 e. The van der Waals surface area contributed by atoms with E-state index in [4.69, 9.17) is 5.11 Å². The zero-order chi connectivity index (χ0) is 13.0. The molecular weight excluding hydrogens is 250 g/mol. The first-order valence-electron chi connectivity index (χ1n) is 6.36. The topological polar surface area (TPSA) is 69.6 Å². The first-order chi connectivity index (χ1) is 8.65. The Bertz CT molecular complexity index is 397. The summed E-state index contributed by atoms with van der Waals surface area (Å²) in [5.74, 6) is -0.208. The van der Waals surface area contributed by atoms with Crippen LogP contribution in [0.25, 0.3) is 0 Å². The van der Waals surface area contributed by atoms with Crippen molar-refractivity contribution in [1.29, 1.82) is 0 Å². The molecule has 1 saturated carbocycles. The number of nitrogens with one attached hydrogen (secondary N) is 1. The average Bonchev–Trinajstić information content (AvgIpc) is 2.81. The van der Waals surface area contributed by atoms with Crippen molar-refractivity contribution in [2.75, 3.05) is 6.54 Å². The Balaban J connectivity index is 1.70. The van der Waals surface area contributed by atoms with Crippen LogP contribution in [0.15, 0.2) is 12.1 Å². The number of carbonyl (C=O) groups is 1. The molecule has 0 saturated heterocycles. The Hall–Kier alpha value is -0.910. The van der Waals surface area contributed by atoms with Crippen LogP contribution in [-0.2, 0) is 6.54 Å². The van der Waals surface area contributed by atoms with Gasteiger partial charge in [-0.2, -0.15) is 0 Å². The van der Waals surface area contributed by atoms with Crippen molar-refractivity contribution < 1.29 is 15.0 Å². The molecule has 4 nitrogen and oxygen atoms in total. The van der Waals surface area contributed by atoms with Gasteiger partial charge in [-0.25, -0.2) is 4.79 Å². The van der Waals surface area contributed by atoms with Crippen molar-refractivity contribution in [1.82, 2.24) is 5.32 Å². The summed E-state index contributed by atoms with van der Waals surface area (Å²) in [7, 11) is 0. The lowest BCUT2D eigenvalue weighted by molar-refractivity contribution is 0.0702. The van der Waals surface area contributed by atoms with Gasteiger partial charge in [-0.05, 0) is 50.3 Å². The van der Waals surface area contributed by atoms with Gasteiger partial charge in [0.2, 0.25) is 0 Å². The van der Waals surface area contributed by atoms with Gasteiger partial charge in [-0.1, -0.05) is 0 Å². The summed E-state index contributed by atoms with van der Waals surface area (Å²) < 4.78 is 0. The number of carboxylic acids is 1. The number of thiophene rings is 1. The van der Waals surface area contributed by atoms with Crippen molar-refractivity contribution in [3.63, 3.8) is 0 Å². The Morgan fingerprint density at radius 1 is 1.33 bits per heavy atom. The van der Waals surface area contributed by atoms with E-state index >= 15 is 0 Å². The molecule has 0 aromatic carbocycles. The Morgan fingerprint density at radius 2 is 2.06 bits per heavy atom. The maximum absolute atomic E-state index is 10.7. The van der Waals surface area contributed by atoms with Crippen LogP contribution in [0.2, 0.25) is 0 Å². The third-order valence-electron chi connectivity index (χ3n) is 3.42. The highest BCUT2D eigenvalue weighted by Crippen LogP contribution is 2.23. The Morgan fingerprint density at radius 3 is 2.67 bits per heavy atom. The zero-order valence-electron chi connectivity index (χ0n) is 10.3. The largest absolute Gasteiger partial charge is 0.477 e. The fourth-order valence-electron chi connectivity index (χ4n) is 2.34. The average molecular weight is 269 g/mol. The molecular formula is C13H19NO3S. The SMILES string of the molecule is O=C(O)c1ccc(CNCC2CCC(O)CC2)s1. The standard InChI is InChI=1S/C13H19NO3S/c15-10-3-1-9(2-4-10)7-14-8-11-5-6-12(18-11)13(16)17/h5-6,9-10,14-15H,1-4,7-8H2,(H,16,17). The van der Waals surface area contributed by atoms with E-state index in [-0.39, 0.29) is 6.10 Å². The molecule has 18 heavy (non-hydrogen) atoms. The maximum atomic E-state index is 10.7. The molecule has 2 rings (SSSR count). The van der Waals surface area contributed by atoms with E-state index in [0.29, 0.717) is 10.8 Å². The van der Waals surface area contributed by atoms with Gasteiger partial charge in [0.25, 0.3) is 0 Å². The normalized spacial score (nSPS) is 24.1. The van der Waals surface area contributed by atoms with Crippen LogP contribution in [0, 0.1) is 5.92 Å². The number of aliphatic hydroxyl groups excluding tert-OH is 1. The highest BCUT2D eigenvalue weighted by atomic mass is 32.1. The van der Waals surface area contributed by atoms with E-state index in [2.05, 4.69) is 5.32 Å². The van der Waals surface area contributed by atoms with Crippen LogP contribution in [0.4, 0.5) is 0 Å². The minimum atomic E-state index is -0.854. The van der Waals surface area contributed by atoms with Crippen LogP contribution in [-0.4, -0.2) is 28.8 Å². The third-order valence-corrected chi connectivity index (χ3v) is 4.49. The van der Waals surface area contributed by atoms with Gasteiger partial charge >= 0.3 is 5.97 Å². The Labute approximate surface area is 111 Å². The number of carboxylic acid groups (broad SMARTS) is 1. The molecule has 0 aliphatic heterocycles. The predicted molar refractivity (Wildman–Crippen MR) is 70.9 cm³/mol. The lowest BCUT2D eigenvalue weighted by atomic mass is 9.87. The molecule has 0 atom stereocenters. The number of aromatic carboxylic acids is 1. The van der Waals surface area contributed by atoms with Crippen molar-refractivity contribution in [2.24, 2.45) is 5.92 Å². The van der Waals surface area contributed by atoms with Crippen LogP contribution in [0.5, 0.6) is 0 Å². The predicted octanol–water partition coefficient (Wildman–Crippen LogP) is 2.09. The summed E-state index contributed by atoms with van der Waals surface area (Å²) in [5.41, 5.74) is 0. The minimum absolute atomic E-state index is 0.100. The molecule has 5 heteroatoms. The molecule has 1 heterocycles. The lowest BCUT2D eigenvalue weighted by Gasteiger charge is -2.25. The second-order valence-corrected chi connectivity index (χ2v) is 6.04. The van der Waals surface area contributed by atoms with Crippen molar-refractivity contribution in [2.45, 2.75) is 38.3 Å². The summed E-state index contributed by atoms with van der Waals surface area (Å²) in [4.78, 5) is 12.2. The van der Waals surface area contributed by atoms with Gasteiger partial charge < -0.3 is 15.5 Å². The molecule has 1 aliphatic rings. The van der Waals surface area contributed by atoms with Gasteiger partial charge in [-0.15, -0.1) is 11.3 Å². The van der Waals surface area contributed by atoms with Crippen LogP contribution in [0.1, 0.15) is 40.2 Å². The Kier molecular flexibility index (Phi) is 4.74. The summed E-state index contributed by atoms with van der Waals surface area (Å²) in [6, 6.07) is 3.52. The van der Waals surface area contributed by atoms with E-state index < -0.39 is 5.97 Å². The van der Waals surface area contributed by atoms with Crippen molar-refractivity contribution >= 4 is 17.3 Å². The van der Waals surface area contributed by atoms with Gasteiger partial charge in [0.15, 0.2) is 0 Å². The fourth-order valence-corrected chi connectivity index (χ4v) is 3.15. The van der Waals surface area contributed by atoms with Gasteiger partial charge in [-0.3, -0.25) is 0 Å². The fraction of sp³-hybridized carbons (Fsp3) is 0.615. The molecule has 1 fully saturated rings. The lowest BCUT2D eigenvalue weighted by Crippen LogP contribution is -2.27. The molecule has 0 radical (unpaired) electrons. The van der Waals surface area contributed by atoms with E-state index in [0.717, 1.165) is 43.6 Å².